The van der Waals surface area contributed by atoms with Gasteiger partial charge in [0.15, 0.2) is 5.60 Å². The third kappa shape index (κ3) is 3.57. The first-order valence-electron chi connectivity index (χ1n) is 7.49. The second-order valence-electron chi connectivity index (χ2n) is 6.81. The topological polar surface area (TPSA) is 49.7 Å². The van der Waals surface area contributed by atoms with E-state index in [-0.39, 0.29) is 29.9 Å². The molecule has 0 aliphatic carbocycles. The van der Waals surface area contributed by atoms with Gasteiger partial charge < -0.3 is 14.9 Å². The Kier molecular flexibility index (Phi) is 4.80. The van der Waals surface area contributed by atoms with Gasteiger partial charge >= 0.3 is 12.4 Å². The van der Waals surface area contributed by atoms with Crippen LogP contribution in [0.25, 0.3) is 0 Å². The van der Waals surface area contributed by atoms with Crippen LogP contribution in [0.3, 0.4) is 0 Å². The summed E-state index contributed by atoms with van der Waals surface area (Å²) >= 11 is 0. The fourth-order valence-corrected chi connectivity index (χ4v) is 3.35. The van der Waals surface area contributed by atoms with Crippen LogP contribution in [0.2, 0.25) is 0 Å². The smallest absolute Gasteiger partial charge is 0.419 e. The number of fused-ring (bicyclic) bond motifs is 1. The molecule has 1 heterocycles. The zero-order valence-corrected chi connectivity index (χ0v) is 13.6. The summed E-state index contributed by atoms with van der Waals surface area (Å²) in [6, 6.07) is 1.92. The molecule has 142 valence electrons. The van der Waals surface area contributed by atoms with Crippen LogP contribution in [0.1, 0.15) is 37.0 Å². The van der Waals surface area contributed by atoms with Gasteiger partial charge in [-0.25, -0.2) is 0 Å². The molecule has 1 aliphatic rings. The highest BCUT2D eigenvalue weighted by atomic mass is 19.4. The van der Waals surface area contributed by atoms with Crippen molar-refractivity contribution >= 4 is 0 Å². The molecule has 1 aromatic carbocycles. The van der Waals surface area contributed by atoms with Crippen molar-refractivity contribution in [3.05, 3.63) is 28.8 Å². The van der Waals surface area contributed by atoms with Crippen LogP contribution in [0.5, 0.6) is 5.75 Å². The molecule has 25 heavy (non-hydrogen) atoms. The van der Waals surface area contributed by atoms with Crippen molar-refractivity contribution < 1.29 is 41.3 Å². The summed E-state index contributed by atoms with van der Waals surface area (Å²) in [5.74, 6) is 0.190. The van der Waals surface area contributed by atoms with E-state index < -0.39 is 42.0 Å². The molecule has 1 aliphatic heterocycles. The van der Waals surface area contributed by atoms with E-state index in [1.807, 2.05) is 0 Å². The van der Waals surface area contributed by atoms with Crippen molar-refractivity contribution in [3.8, 4) is 5.75 Å². The molecule has 0 aromatic heterocycles. The Morgan fingerprint density at radius 1 is 1.08 bits per heavy atom. The van der Waals surface area contributed by atoms with Crippen molar-refractivity contribution in [2.75, 3.05) is 13.2 Å². The highest BCUT2D eigenvalue weighted by Crippen LogP contribution is 2.48. The summed E-state index contributed by atoms with van der Waals surface area (Å²) in [6.07, 6.45) is -11.0. The molecule has 1 aromatic rings. The van der Waals surface area contributed by atoms with Crippen molar-refractivity contribution in [2.45, 2.75) is 50.1 Å². The number of alkyl halides is 6. The Bertz CT molecular complexity index is 650. The summed E-state index contributed by atoms with van der Waals surface area (Å²) in [7, 11) is 0. The quantitative estimate of drug-likeness (QED) is 0.795. The molecule has 0 radical (unpaired) electrons. The first kappa shape index (κ1) is 19.8. The predicted octanol–water partition coefficient (Wildman–Crippen LogP) is 3.59. The third-order valence-corrected chi connectivity index (χ3v) is 4.39. The Hall–Kier alpha value is -1.48. The highest BCUT2D eigenvalue weighted by Gasteiger charge is 2.56. The van der Waals surface area contributed by atoms with Gasteiger partial charge in [0.1, 0.15) is 5.75 Å². The van der Waals surface area contributed by atoms with E-state index in [0.717, 1.165) is 12.1 Å². The van der Waals surface area contributed by atoms with Crippen LogP contribution in [0.15, 0.2) is 12.1 Å². The summed E-state index contributed by atoms with van der Waals surface area (Å²) < 4.78 is 84.8. The zero-order valence-electron chi connectivity index (χ0n) is 13.6. The molecule has 0 amide bonds. The van der Waals surface area contributed by atoms with E-state index in [0.29, 0.717) is 0 Å². The Labute approximate surface area is 140 Å². The molecule has 0 spiro atoms. The van der Waals surface area contributed by atoms with Crippen LogP contribution >= 0.6 is 0 Å². The van der Waals surface area contributed by atoms with Gasteiger partial charge in [0, 0.05) is 12.0 Å². The van der Waals surface area contributed by atoms with Gasteiger partial charge in [0.05, 0.1) is 18.8 Å². The van der Waals surface area contributed by atoms with E-state index in [1.165, 1.54) is 13.8 Å². The average Bonchev–Trinajstić information content (AvgIpc) is 2.91. The Morgan fingerprint density at radius 3 is 2.16 bits per heavy atom. The van der Waals surface area contributed by atoms with E-state index in [4.69, 9.17) is 9.84 Å². The molecule has 3 nitrogen and oxygen atoms in total. The van der Waals surface area contributed by atoms with Gasteiger partial charge in [-0.05, 0) is 29.5 Å². The van der Waals surface area contributed by atoms with Gasteiger partial charge in [0.2, 0.25) is 0 Å². The molecule has 0 fully saturated rings. The summed E-state index contributed by atoms with van der Waals surface area (Å²) in [6.45, 7) is 0.848. The lowest BCUT2D eigenvalue weighted by atomic mass is 9.71. The number of hydrogen-bond acceptors (Lipinski definition) is 3. The van der Waals surface area contributed by atoms with Crippen LogP contribution in [-0.2, 0) is 18.0 Å². The summed E-state index contributed by atoms with van der Waals surface area (Å²) in [5.41, 5.74) is -6.46. The maximum Gasteiger partial charge on any atom is 0.419 e. The molecule has 1 atom stereocenters. The molecule has 9 heteroatoms. The number of rotatable bonds is 4. The average molecular weight is 372 g/mol. The van der Waals surface area contributed by atoms with Crippen molar-refractivity contribution in [1.82, 2.24) is 0 Å². The molecule has 2 N–H and O–H groups in total. The lowest BCUT2D eigenvalue weighted by Gasteiger charge is -2.38. The van der Waals surface area contributed by atoms with Crippen molar-refractivity contribution in [1.29, 1.82) is 0 Å². The van der Waals surface area contributed by atoms with Gasteiger partial charge in [-0.1, -0.05) is 13.8 Å². The monoisotopic (exact) mass is 372 g/mol. The lowest BCUT2D eigenvalue weighted by molar-refractivity contribution is -0.277. The van der Waals surface area contributed by atoms with Crippen LogP contribution < -0.4 is 4.74 Å². The van der Waals surface area contributed by atoms with Crippen molar-refractivity contribution in [2.24, 2.45) is 0 Å². The number of aliphatic hydroxyl groups is 2. The molecule has 2 rings (SSSR count). The minimum absolute atomic E-state index is 0.127. The predicted molar refractivity (Wildman–Crippen MR) is 76.4 cm³/mol. The normalized spacial score (nSPS) is 17.8. The van der Waals surface area contributed by atoms with Gasteiger partial charge in [-0.2, -0.15) is 26.3 Å². The van der Waals surface area contributed by atoms with Gasteiger partial charge in [-0.15, -0.1) is 0 Å². The Balaban J connectivity index is 2.61. The minimum atomic E-state index is -5.19. The van der Waals surface area contributed by atoms with Crippen LogP contribution in [0.4, 0.5) is 26.3 Å². The van der Waals surface area contributed by atoms with E-state index in [1.54, 1.807) is 0 Å². The zero-order chi connectivity index (χ0) is 19.3. The summed E-state index contributed by atoms with van der Waals surface area (Å²) in [5, 5.41) is 18.8. The molecular weight excluding hydrogens is 354 g/mol. The minimum Gasteiger partial charge on any atom is -0.493 e. The number of aliphatic hydroxyl groups excluding tert-OH is 1. The van der Waals surface area contributed by atoms with Gasteiger partial charge in [-0.3, -0.25) is 0 Å². The second-order valence-corrected chi connectivity index (χ2v) is 6.81. The Morgan fingerprint density at radius 2 is 1.68 bits per heavy atom. The largest absolute Gasteiger partial charge is 0.493 e. The van der Waals surface area contributed by atoms with Crippen molar-refractivity contribution in [3.63, 3.8) is 0 Å². The van der Waals surface area contributed by atoms with E-state index in [9.17, 15) is 31.4 Å². The molecule has 0 saturated carbocycles. The standard InChI is InChI=1S/C16H18F6O3/c1-13(2,7-14(24,8-23)16(20,21)22)12-9-5-6-25-11(9)4-3-10(12)15(17,18)19/h3-4,23-24H,5-8H2,1-2H3/t14-/m1/s1. The van der Waals surface area contributed by atoms with E-state index >= 15 is 0 Å². The maximum atomic E-state index is 13.4. The number of benzene rings is 1. The highest BCUT2D eigenvalue weighted by molar-refractivity contribution is 5.51. The van der Waals surface area contributed by atoms with E-state index in [2.05, 4.69) is 0 Å². The summed E-state index contributed by atoms with van der Waals surface area (Å²) in [4.78, 5) is 0. The number of ether oxygens (including phenoxy) is 1. The lowest BCUT2D eigenvalue weighted by Crippen LogP contribution is -2.52. The molecule has 0 unspecified atom stereocenters. The fraction of sp³-hybridized carbons (Fsp3) is 0.625. The second kappa shape index (κ2) is 6.05. The van der Waals surface area contributed by atoms with Crippen LogP contribution in [-0.4, -0.2) is 35.2 Å². The third-order valence-electron chi connectivity index (χ3n) is 4.39. The number of hydrogen-bond donors (Lipinski definition) is 2. The first-order chi connectivity index (χ1) is 11.2. The molecule has 0 saturated heterocycles. The maximum absolute atomic E-state index is 13.4. The number of halogens is 6. The first-order valence-corrected chi connectivity index (χ1v) is 7.49. The van der Waals surface area contributed by atoms with Crippen LogP contribution in [0, 0.1) is 0 Å². The van der Waals surface area contributed by atoms with Gasteiger partial charge in [0.25, 0.3) is 0 Å². The molecule has 0 bridgehead atoms. The fourth-order valence-electron chi connectivity index (χ4n) is 3.35. The molecular formula is C16H18F6O3. The SMILES string of the molecule is CC(C)(C[C@@](O)(CO)C(F)(F)F)c1c(C(F)(F)F)ccc2c1CCO2.